The van der Waals surface area contributed by atoms with E-state index in [4.69, 9.17) is 4.74 Å². The monoisotopic (exact) mass is 367 g/mol. The van der Waals surface area contributed by atoms with E-state index in [1.165, 1.54) is 4.31 Å². The van der Waals surface area contributed by atoms with Crippen molar-refractivity contribution in [2.24, 2.45) is 0 Å². The van der Waals surface area contributed by atoms with Crippen LogP contribution < -0.4 is 14.5 Å². The number of morpholine rings is 1. The molecule has 0 unspecified atom stereocenters. The number of sulfonamides is 1. The SMILES string of the molecule is C=CCNC(=O)CCN(c1ccccc1N1CCOCC1)S(C)(=O)=O. The molecule has 8 heteroatoms. The molecular weight excluding hydrogens is 342 g/mol. The van der Waals surface area contributed by atoms with Crippen LogP contribution in [0, 0.1) is 0 Å². The van der Waals surface area contributed by atoms with Gasteiger partial charge in [0.2, 0.25) is 15.9 Å². The number of hydrogen-bond acceptors (Lipinski definition) is 5. The lowest BCUT2D eigenvalue weighted by atomic mass is 10.2. The number of nitrogens with one attached hydrogen (secondary N) is 1. The predicted octanol–water partition coefficient (Wildman–Crippen LogP) is 0.981. The summed E-state index contributed by atoms with van der Waals surface area (Å²) in [6.07, 6.45) is 2.82. The van der Waals surface area contributed by atoms with Crippen LogP contribution in [0.5, 0.6) is 0 Å². The Kier molecular flexibility index (Phi) is 6.83. The van der Waals surface area contributed by atoms with Crippen LogP contribution in [0.15, 0.2) is 36.9 Å². The van der Waals surface area contributed by atoms with Crippen molar-refractivity contribution < 1.29 is 17.9 Å². The molecule has 2 rings (SSSR count). The minimum atomic E-state index is -3.52. The first-order valence-corrected chi connectivity index (χ1v) is 10.1. The minimum Gasteiger partial charge on any atom is -0.378 e. The van der Waals surface area contributed by atoms with E-state index in [1.54, 1.807) is 18.2 Å². The fourth-order valence-corrected chi connectivity index (χ4v) is 3.62. The minimum absolute atomic E-state index is 0.0817. The van der Waals surface area contributed by atoms with Crippen molar-refractivity contribution in [1.82, 2.24) is 5.32 Å². The van der Waals surface area contributed by atoms with Gasteiger partial charge in [0.15, 0.2) is 0 Å². The second-order valence-electron chi connectivity index (χ2n) is 5.77. The van der Waals surface area contributed by atoms with E-state index >= 15 is 0 Å². The lowest BCUT2D eigenvalue weighted by molar-refractivity contribution is -0.120. The van der Waals surface area contributed by atoms with E-state index in [9.17, 15) is 13.2 Å². The molecule has 138 valence electrons. The highest BCUT2D eigenvalue weighted by Crippen LogP contribution is 2.31. The highest BCUT2D eigenvalue weighted by Gasteiger charge is 2.24. The normalized spacial score (nSPS) is 14.8. The van der Waals surface area contributed by atoms with Crippen LogP contribution >= 0.6 is 0 Å². The zero-order chi connectivity index (χ0) is 18.3. The first-order valence-electron chi connectivity index (χ1n) is 8.20. The number of hydrogen-bond donors (Lipinski definition) is 1. The van der Waals surface area contributed by atoms with Gasteiger partial charge in [0.05, 0.1) is 30.8 Å². The Morgan fingerprint density at radius 1 is 1.36 bits per heavy atom. The van der Waals surface area contributed by atoms with Gasteiger partial charge >= 0.3 is 0 Å². The Morgan fingerprint density at radius 2 is 2.04 bits per heavy atom. The van der Waals surface area contributed by atoms with E-state index < -0.39 is 10.0 Å². The molecule has 1 N–H and O–H groups in total. The third-order valence-electron chi connectivity index (χ3n) is 3.89. The van der Waals surface area contributed by atoms with Crippen molar-refractivity contribution in [2.45, 2.75) is 6.42 Å². The van der Waals surface area contributed by atoms with Crippen molar-refractivity contribution in [2.75, 3.05) is 54.9 Å². The summed E-state index contributed by atoms with van der Waals surface area (Å²) in [7, 11) is -3.52. The Hall–Kier alpha value is -2.06. The summed E-state index contributed by atoms with van der Waals surface area (Å²) in [6, 6.07) is 7.35. The Morgan fingerprint density at radius 3 is 2.68 bits per heavy atom. The summed E-state index contributed by atoms with van der Waals surface area (Å²) in [4.78, 5) is 13.9. The fraction of sp³-hybridized carbons (Fsp3) is 0.471. The molecule has 0 saturated carbocycles. The number of carbonyl (C=O) groups is 1. The maximum atomic E-state index is 12.3. The van der Waals surface area contributed by atoms with E-state index in [1.807, 2.05) is 12.1 Å². The lowest BCUT2D eigenvalue weighted by Gasteiger charge is -2.33. The summed E-state index contributed by atoms with van der Waals surface area (Å²) in [5.74, 6) is -0.211. The fourth-order valence-electron chi connectivity index (χ4n) is 2.69. The number of rotatable bonds is 8. The Balaban J connectivity index is 2.23. The van der Waals surface area contributed by atoms with E-state index in [0.717, 1.165) is 11.9 Å². The number of carbonyl (C=O) groups excluding carboxylic acids is 1. The van der Waals surface area contributed by atoms with E-state index in [2.05, 4.69) is 16.8 Å². The summed E-state index contributed by atoms with van der Waals surface area (Å²) in [5.41, 5.74) is 1.42. The van der Waals surface area contributed by atoms with Gasteiger partial charge in [0, 0.05) is 32.6 Å². The Bertz CT molecular complexity index is 700. The smallest absolute Gasteiger partial charge is 0.232 e. The van der Waals surface area contributed by atoms with Gasteiger partial charge in [0.25, 0.3) is 0 Å². The predicted molar refractivity (Wildman–Crippen MR) is 99.5 cm³/mol. The molecule has 7 nitrogen and oxygen atoms in total. The highest BCUT2D eigenvalue weighted by molar-refractivity contribution is 7.92. The van der Waals surface area contributed by atoms with E-state index in [-0.39, 0.29) is 18.9 Å². The number of amides is 1. The van der Waals surface area contributed by atoms with Crippen LogP contribution in [0.4, 0.5) is 11.4 Å². The summed E-state index contributed by atoms with van der Waals surface area (Å²) < 4.78 is 31.3. The quantitative estimate of drug-likeness (QED) is 0.693. The summed E-state index contributed by atoms with van der Waals surface area (Å²) in [5, 5.41) is 2.66. The van der Waals surface area contributed by atoms with Crippen LogP contribution in [0.2, 0.25) is 0 Å². The standard InChI is InChI=1S/C17H25N3O4S/c1-3-9-18-17(21)8-10-20(25(2,22)23)16-7-5-4-6-15(16)19-11-13-24-14-12-19/h3-7H,1,8-14H2,2H3,(H,18,21). The molecule has 0 radical (unpaired) electrons. The molecule has 1 aromatic carbocycles. The van der Waals surface area contributed by atoms with Crippen molar-refractivity contribution in [3.05, 3.63) is 36.9 Å². The van der Waals surface area contributed by atoms with Crippen molar-refractivity contribution in [1.29, 1.82) is 0 Å². The maximum absolute atomic E-state index is 12.3. The average Bonchev–Trinajstić information content (AvgIpc) is 2.60. The number of benzene rings is 1. The molecular formula is C17H25N3O4S. The van der Waals surface area contributed by atoms with Gasteiger partial charge in [-0.25, -0.2) is 8.42 Å². The first kappa shape index (κ1) is 19.3. The number of anilines is 2. The van der Waals surface area contributed by atoms with Gasteiger partial charge < -0.3 is 15.0 Å². The largest absolute Gasteiger partial charge is 0.378 e. The van der Waals surface area contributed by atoms with Crippen molar-refractivity contribution in [3.63, 3.8) is 0 Å². The zero-order valence-electron chi connectivity index (χ0n) is 14.5. The van der Waals surface area contributed by atoms with E-state index in [0.29, 0.717) is 38.5 Å². The second kappa shape index (κ2) is 8.87. The van der Waals surface area contributed by atoms with Gasteiger partial charge in [-0.15, -0.1) is 6.58 Å². The summed E-state index contributed by atoms with van der Waals surface area (Å²) >= 11 is 0. The van der Waals surface area contributed by atoms with Crippen LogP contribution in [-0.4, -0.2) is 60.0 Å². The molecule has 1 amide bonds. The Labute approximate surface area is 149 Å². The summed E-state index contributed by atoms with van der Waals surface area (Å²) in [6.45, 7) is 6.61. The molecule has 1 heterocycles. The number of nitrogens with zero attached hydrogens (tertiary/aromatic N) is 2. The number of para-hydroxylation sites is 2. The van der Waals surface area contributed by atoms with Crippen molar-refractivity contribution in [3.8, 4) is 0 Å². The molecule has 1 aliphatic heterocycles. The lowest BCUT2D eigenvalue weighted by Crippen LogP contribution is -2.39. The topological polar surface area (TPSA) is 79.0 Å². The average molecular weight is 367 g/mol. The maximum Gasteiger partial charge on any atom is 0.232 e. The molecule has 25 heavy (non-hydrogen) atoms. The molecule has 0 atom stereocenters. The third kappa shape index (κ3) is 5.47. The molecule has 1 fully saturated rings. The van der Waals surface area contributed by atoms with Crippen LogP contribution in [0.3, 0.4) is 0 Å². The molecule has 1 aromatic rings. The molecule has 0 aliphatic carbocycles. The highest BCUT2D eigenvalue weighted by atomic mass is 32.2. The zero-order valence-corrected chi connectivity index (χ0v) is 15.3. The number of ether oxygens (including phenoxy) is 1. The van der Waals surface area contributed by atoms with Gasteiger partial charge in [-0.3, -0.25) is 9.10 Å². The first-order chi connectivity index (χ1) is 11.9. The second-order valence-corrected chi connectivity index (χ2v) is 7.67. The third-order valence-corrected chi connectivity index (χ3v) is 5.07. The van der Waals surface area contributed by atoms with Gasteiger partial charge in [-0.2, -0.15) is 0 Å². The molecule has 1 aliphatic rings. The molecule has 1 saturated heterocycles. The van der Waals surface area contributed by atoms with Crippen LogP contribution in [-0.2, 0) is 19.6 Å². The molecule has 0 spiro atoms. The van der Waals surface area contributed by atoms with Gasteiger partial charge in [0.1, 0.15) is 0 Å². The van der Waals surface area contributed by atoms with Gasteiger partial charge in [-0.1, -0.05) is 18.2 Å². The molecule has 0 bridgehead atoms. The molecule has 0 aromatic heterocycles. The van der Waals surface area contributed by atoms with Crippen LogP contribution in [0.25, 0.3) is 0 Å². The van der Waals surface area contributed by atoms with Crippen molar-refractivity contribution >= 4 is 27.3 Å². The van der Waals surface area contributed by atoms with Gasteiger partial charge in [-0.05, 0) is 12.1 Å². The van der Waals surface area contributed by atoms with Crippen LogP contribution in [0.1, 0.15) is 6.42 Å².